The van der Waals surface area contributed by atoms with E-state index in [1.54, 1.807) is 0 Å². The minimum Gasteiger partial charge on any atom is -0.456 e. The van der Waals surface area contributed by atoms with Gasteiger partial charge in [-0.2, -0.15) is 0 Å². The zero-order valence-electron chi connectivity index (χ0n) is 34.8. The predicted octanol–water partition coefficient (Wildman–Crippen LogP) is 14.9. The fourth-order valence-corrected chi connectivity index (χ4v) is 14.8. The van der Waals surface area contributed by atoms with Crippen LogP contribution in [0.5, 0.6) is 0 Å². The first-order valence-corrected chi connectivity index (χ1v) is 24.0. The molecule has 0 amide bonds. The normalized spacial score (nSPS) is 22.6. The molecule has 14 rings (SSSR count). The largest absolute Gasteiger partial charge is 0.456 e. The SMILES string of the molecule is O=S1(=O)c2ccccc2C2(c3cc(N(c4ccc(-c5ccccc5)cc4)c4ccc(-c5ccccc5-c5cccc6oc7ccccc7c56)cc4)ccc31)C1CC3CC(C1)CC2C3. The van der Waals surface area contributed by atoms with Gasteiger partial charge >= 0.3 is 0 Å². The van der Waals surface area contributed by atoms with Crippen LogP contribution in [0.15, 0.2) is 202 Å². The molecule has 63 heavy (non-hydrogen) atoms. The smallest absolute Gasteiger partial charge is 0.207 e. The highest BCUT2D eigenvalue weighted by Crippen LogP contribution is 2.68. The Morgan fingerprint density at radius 1 is 0.444 bits per heavy atom. The number of furan rings is 1. The molecule has 8 aromatic carbocycles. The Labute approximate surface area is 368 Å². The molecule has 4 aliphatic carbocycles. The summed E-state index contributed by atoms with van der Waals surface area (Å²) < 4.78 is 35.7. The van der Waals surface area contributed by atoms with Crippen LogP contribution in [-0.4, -0.2) is 8.42 Å². The third-order valence-corrected chi connectivity index (χ3v) is 17.2. The maximum atomic E-state index is 14.7. The Hall–Kier alpha value is -6.69. The zero-order chi connectivity index (χ0) is 41.9. The summed E-state index contributed by atoms with van der Waals surface area (Å²) in [5, 5.41) is 2.23. The van der Waals surface area contributed by atoms with Crippen LogP contribution in [0, 0.1) is 23.7 Å². The number of benzene rings is 8. The Morgan fingerprint density at radius 3 is 1.75 bits per heavy atom. The molecule has 0 radical (unpaired) electrons. The van der Waals surface area contributed by atoms with Gasteiger partial charge in [0.25, 0.3) is 0 Å². The van der Waals surface area contributed by atoms with Crippen molar-refractivity contribution in [3.8, 4) is 33.4 Å². The van der Waals surface area contributed by atoms with Crippen molar-refractivity contribution in [1.29, 1.82) is 0 Å². The molecule has 5 heteroatoms. The van der Waals surface area contributed by atoms with Crippen molar-refractivity contribution >= 4 is 48.8 Å². The van der Waals surface area contributed by atoms with E-state index in [0.717, 1.165) is 89.8 Å². The second-order valence-electron chi connectivity index (χ2n) is 18.5. The van der Waals surface area contributed by atoms with Gasteiger partial charge in [0.15, 0.2) is 0 Å². The summed E-state index contributed by atoms with van der Waals surface area (Å²) >= 11 is 0. The van der Waals surface area contributed by atoms with Crippen LogP contribution in [-0.2, 0) is 15.3 Å². The van der Waals surface area contributed by atoms with Crippen LogP contribution in [0.2, 0.25) is 0 Å². The molecule has 4 saturated carbocycles. The highest BCUT2D eigenvalue weighted by Gasteiger charge is 2.62. The van der Waals surface area contributed by atoms with E-state index in [9.17, 15) is 8.42 Å². The molecule has 9 aromatic rings. The van der Waals surface area contributed by atoms with Crippen molar-refractivity contribution in [2.45, 2.75) is 47.3 Å². The van der Waals surface area contributed by atoms with Crippen molar-refractivity contribution in [1.82, 2.24) is 0 Å². The average molecular weight is 836 g/mol. The average Bonchev–Trinajstić information content (AvgIpc) is 3.71. The zero-order valence-corrected chi connectivity index (χ0v) is 35.6. The number of anilines is 3. The van der Waals surface area contributed by atoms with Gasteiger partial charge in [0, 0.05) is 33.2 Å². The molecule has 2 heterocycles. The maximum Gasteiger partial charge on any atom is 0.207 e. The molecule has 4 bridgehead atoms. The van der Waals surface area contributed by atoms with E-state index in [1.165, 1.54) is 37.7 Å². The van der Waals surface area contributed by atoms with Gasteiger partial charge in [0.1, 0.15) is 11.2 Å². The van der Waals surface area contributed by atoms with E-state index in [1.807, 2.05) is 42.5 Å². The van der Waals surface area contributed by atoms with E-state index in [0.29, 0.717) is 21.6 Å². The lowest BCUT2D eigenvalue weighted by molar-refractivity contribution is -0.0446. The minimum atomic E-state index is -3.73. The molecule has 5 aliphatic rings. The van der Waals surface area contributed by atoms with Crippen molar-refractivity contribution < 1.29 is 12.8 Å². The van der Waals surface area contributed by atoms with E-state index < -0.39 is 9.84 Å². The lowest BCUT2D eigenvalue weighted by Gasteiger charge is -2.63. The summed E-state index contributed by atoms with van der Waals surface area (Å²) in [6.45, 7) is 0. The van der Waals surface area contributed by atoms with Gasteiger partial charge in [-0.15, -0.1) is 0 Å². The van der Waals surface area contributed by atoms with Crippen molar-refractivity contribution in [2.24, 2.45) is 23.7 Å². The van der Waals surface area contributed by atoms with Gasteiger partial charge in [-0.3, -0.25) is 0 Å². The summed E-state index contributed by atoms with van der Waals surface area (Å²) in [6.07, 6.45) is 6.01. The fourth-order valence-electron chi connectivity index (χ4n) is 13.0. The van der Waals surface area contributed by atoms with E-state index in [-0.39, 0.29) is 5.41 Å². The number of hydrogen-bond acceptors (Lipinski definition) is 4. The highest BCUT2D eigenvalue weighted by molar-refractivity contribution is 7.91. The molecule has 4 nitrogen and oxygen atoms in total. The Bertz CT molecular complexity index is 3340. The van der Waals surface area contributed by atoms with Crippen LogP contribution in [0.4, 0.5) is 17.1 Å². The first-order chi connectivity index (χ1) is 30.9. The molecular weight excluding hydrogens is 791 g/mol. The lowest BCUT2D eigenvalue weighted by Crippen LogP contribution is -2.57. The Morgan fingerprint density at radius 2 is 1.00 bits per heavy atom. The molecule has 306 valence electrons. The minimum absolute atomic E-state index is 0.333. The molecule has 4 fully saturated rings. The van der Waals surface area contributed by atoms with Crippen LogP contribution in [0.1, 0.15) is 43.2 Å². The quantitative estimate of drug-likeness (QED) is 0.167. The van der Waals surface area contributed by atoms with Gasteiger partial charge in [0.2, 0.25) is 9.84 Å². The summed E-state index contributed by atoms with van der Waals surface area (Å²) in [6, 6.07) is 65.6. The third-order valence-electron chi connectivity index (χ3n) is 15.3. The van der Waals surface area contributed by atoms with Crippen LogP contribution < -0.4 is 4.90 Å². The predicted molar refractivity (Wildman–Crippen MR) is 254 cm³/mol. The second kappa shape index (κ2) is 13.9. The van der Waals surface area contributed by atoms with Gasteiger partial charge in [0.05, 0.1) is 9.79 Å². The van der Waals surface area contributed by atoms with Gasteiger partial charge in [-0.1, -0.05) is 127 Å². The third kappa shape index (κ3) is 5.48. The fraction of sp³-hybridized carbons (Fsp3) is 0.172. The van der Waals surface area contributed by atoms with E-state index >= 15 is 0 Å². The van der Waals surface area contributed by atoms with Crippen molar-refractivity contribution in [3.05, 3.63) is 199 Å². The molecule has 1 aromatic heterocycles. The molecule has 1 spiro atoms. The number of sulfone groups is 1. The number of fused-ring (bicyclic) bond motifs is 5. The van der Waals surface area contributed by atoms with Crippen LogP contribution in [0.3, 0.4) is 0 Å². The topological polar surface area (TPSA) is 50.5 Å². The standard InChI is InChI=1S/C58H45NO3S/c60-63(61)55-20-9-7-17-51(55)58(42-32-37-31-38(34-42)35-43(58)33-37)52-36-46(29-30-56(52)63)59(44-25-21-40(22-26-44)39-11-2-1-3-12-39)45-27-23-41(24-28-45)47-13-4-5-14-48(47)49-16-10-19-54-57(49)50-15-6-8-18-53(50)62-54/h1-30,36-38,42-43H,31-35H2. The maximum absolute atomic E-state index is 14.7. The molecule has 0 saturated heterocycles. The Kier molecular flexibility index (Phi) is 8.15. The summed E-state index contributed by atoms with van der Waals surface area (Å²) in [4.78, 5) is 3.32. The van der Waals surface area contributed by atoms with E-state index in [4.69, 9.17) is 4.42 Å². The van der Waals surface area contributed by atoms with Crippen molar-refractivity contribution in [2.75, 3.05) is 4.90 Å². The molecule has 0 N–H and O–H groups in total. The van der Waals surface area contributed by atoms with Gasteiger partial charge in [-0.25, -0.2) is 8.42 Å². The van der Waals surface area contributed by atoms with Gasteiger partial charge < -0.3 is 9.32 Å². The highest BCUT2D eigenvalue weighted by atomic mass is 32.2. The van der Waals surface area contributed by atoms with Crippen LogP contribution >= 0.6 is 0 Å². The number of hydrogen-bond donors (Lipinski definition) is 0. The van der Waals surface area contributed by atoms with Gasteiger partial charge in [-0.05, 0) is 161 Å². The van der Waals surface area contributed by atoms with E-state index in [2.05, 4.69) is 150 Å². The lowest BCUT2D eigenvalue weighted by atomic mass is 9.42. The number of para-hydroxylation sites is 1. The summed E-state index contributed by atoms with van der Waals surface area (Å²) in [5.74, 6) is 2.32. The summed E-state index contributed by atoms with van der Waals surface area (Å²) in [7, 11) is -3.73. The molecule has 0 unspecified atom stereocenters. The molecule has 1 aliphatic heterocycles. The number of nitrogens with zero attached hydrogens (tertiary/aromatic N) is 1. The summed E-state index contributed by atoms with van der Waals surface area (Å²) in [5.41, 5.74) is 13.3. The second-order valence-corrected chi connectivity index (χ2v) is 20.4. The first-order valence-electron chi connectivity index (χ1n) is 22.5. The number of rotatable bonds is 6. The Balaban J connectivity index is 0.970. The first kappa shape index (κ1) is 36.9. The van der Waals surface area contributed by atoms with Crippen LogP contribution in [0.25, 0.3) is 55.3 Å². The molecular formula is C58H45NO3S. The van der Waals surface area contributed by atoms with Crippen molar-refractivity contribution in [3.63, 3.8) is 0 Å². The monoisotopic (exact) mass is 835 g/mol. The molecule has 0 atom stereocenters.